The quantitative estimate of drug-likeness (QED) is 0.907. The van der Waals surface area contributed by atoms with Crippen LogP contribution in [-0.2, 0) is 4.79 Å². The van der Waals surface area contributed by atoms with Crippen molar-refractivity contribution in [3.05, 3.63) is 24.3 Å². The Morgan fingerprint density at radius 1 is 1.32 bits per heavy atom. The third-order valence-electron chi connectivity index (χ3n) is 3.90. The van der Waals surface area contributed by atoms with E-state index >= 15 is 0 Å². The number of benzene rings is 1. The lowest BCUT2D eigenvalue weighted by Crippen LogP contribution is -2.42. The maximum atomic E-state index is 11.2. The predicted octanol–water partition coefficient (Wildman–Crippen LogP) is 2.78. The summed E-state index contributed by atoms with van der Waals surface area (Å²) >= 11 is 0. The first kappa shape index (κ1) is 13.7. The lowest BCUT2D eigenvalue weighted by atomic mass is 9.80. The summed E-state index contributed by atoms with van der Waals surface area (Å²) in [6.45, 7) is 6.05. The molecule has 0 radical (unpaired) electrons. The molecule has 4 nitrogen and oxygen atoms in total. The van der Waals surface area contributed by atoms with Crippen LogP contribution >= 0.6 is 0 Å². The first-order valence-electron chi connectivity index (χ1n) is 6.76. The molecule has 1 N–H and O–H groups in total. The summed E-state index contributed by atoms with van der Waals surface area (Å²) < 4.78 is 5.42. The van der Waals surface area contributed by atoms with E-state index in [2.05, 4.69) is 4.90 Å². The van der Waals surface area contributed by atoms with Crippen molar-refractivity contribution >= 4 is 11.7 Å². The van der Waals surface area contributed by atoms with Gasteiger partial charge in [0, 0.05) is 18.8 Å². The van der Waals surface area contributed by atoms with E-state index in [4.69, 9.17) is 4.74 Å². The summed E-state index contributed by atoms with van der Waals surface area (Å²) in [5.74, 6) is 0.192. The number of hydrogen-bond donors (Lipinski definition) is 1. The number of rotatable bonds is 4. The predicted molar refractivity (Wildman–Crippen MR) is 74.8 cm³/mol. The number of carboxylic acid groups (broad SMARTS) is 1. The van der Waals surface area contributed by atoms with Crippen LogP contribution in [0.25, 0.3) is 0 Å². The molecule has 2 rings (SSSR count). The van der Waals surface area contributed by atoms with Crippen molar-refractivity contribution in [1.29, 1.82) is 0 Å². The Bertz CT molecular complexity index is 433. The fraction of sp³-hybridized carbons (Fsp3) is 0.533. The number of carbonyl (C=O) groups is 1. The molecular weight excluding hydrogens is 242 g/mol. The fourth-order valence-corrected chi connectivity index (χ4v) is 2.39. The van der Waals surface area contributed by atoms with Crippen LogP contribution in [0.3, 0.4) is 0 Å². The van der Waals surface area contributed by atoms with Gasteiger partial charge in [0.15, 0.2) is 0 Å². The zero-order valence-electron chi connectivity index (χ0n) is 11.6. The van der Waals surface area contributed by atoms with Gasteiger partial charge in [-0.2, -0.15) is 0 Å². The summed E-state index contributed by atoms with van der Waals surface area (Å²) in [5.41, 5.74) is 0.567. The molecule has 1 aromatic rings. The van der Waals surface area contributed by atoms with E-state index in [0.29, 0.717) is 19.4 Å². The minimum atomic E-state index is -0.682. The van der Waals surface area contributed by atoms with Gasteiger partial charge in [-0.05, 0) is 51.0 Å². The molecule has 1 aliphatic heterocycles. The van der Waals surface area contributed by atoms with Crippen molar-refractivity contribution in [2.45, 2.75) is 26.7 Å². The first-order chi connectivity index (χ1) is 9.05. The Hall–Kier alpha value is -1.71. The van der Waals surface area contributed by atoms with Gasteiger partial charge in [0.05, 0.1) is 12.0 Å². The first-order valence-corrected chi connectivity index (χ1v) is 6.76. The summed E-state index contributed by atoms with van der Waals surface area (Å²) in [6, 6.07) is 8.00. The second-order valence-corrected chi connectivity index (χ2v) is 5.28. The lowest BCUT2D eigenvalue weighted by Gasteiger charge is -2.37. The molecule has 104 valence electrons. The van der Waals surface area contributed by atoms with Crippen LogP contribution in [0.1, 0.15) is 26.7 Å². The zero-order chi connectivity index (χ0) is 13.9. The Labute approximate surface area is 114 Å². The van der Waals surface area contributed by atoms with Gasteiger partial charge in [-0.3, -0.25) is 4.79 Å². The molecule has 19 heavy (non-hydrogen) atoms. The van der Waals surface area contributed by atoms with Gasteiger partial charge in [-0.15, -0.1) is 0 Å². The Balaban J connectivity index is 1.99. The Morgan fingerprint density at radius 3 is 2.37 bits per heavy atom. The summed E-state index contributed by atoms with van der Waals surface area (Å²) in [6.07, 6.45) is 1.38. The van der Waals surface area contributed by atoms with Crippen LogP contribution < -0.4 is 9.64 Å². The van der Waals surface area contributed by atoms with Crippen molar-refractivity contribution in [3.8, 4) is 5.75 Å². The smallest absolute Gasteiger partial charge is 0.309 e. The molecule has 1 aromatic carbocycles. The van der Waals surface area contributed by atoms with Crippen molar-refractivity contribution < 1.29 is 14.6 Å². The molecule has 0 aromatic heterocycles. The molecule has 0 unspecified atom stereocenters. The van der Waals surface area contributed by atoms with E-state index in [9.17, 15) is 9.90 Å². The summed E-state index contributed by atoms with van der Waals surface area (Å²) in [7, 11) is 0. The molecule has 4 heteroatoms. The Morgan fingerprint density at radius 2 is 1.89 bits per heavy atom. The van der Waals surface area contributed by atoms with Gasteiger partial charge in [-0.1, -0.05) is 0 Å². The normalized spacial score (nSPS) is 18.1. The molecule has 0 amide bonds. The zero-order valence-corrected chi connectivity index (χ0v) is 11.6. The number of nitrogens with zero attached hydrogens (tertiary/aromatic N) is 1. The molecule has 0 spiro atoms. The largest absolute Gasteiger partial charge is 0.494 e. The summed E-state index contributed by atoms with van der Waals surface area (Å²) in [5, 5.41) is 9.21. The fourth-order valence-electron chi connectivity index (χ4n) is 2.39. The van der Waals surface area contributed by atoms with Gasteiger partial charge < -0.3 is 14.7 Å². The number of ether oxygens (including phenoxy) is 1. The van der Waals surface area contributed by atoms with E-state index in [1.54, 1.807) is 0 Å². The lowest BCUT2D eigenvalue weighted by molar-refractivity contribution is -0.149. The van der Waals surface area contributed by atoms with Crippen LogP contribution in [0.4, 0.5) is 5.69 Å². The molecule has 1 saturated heterocycles. The highest BCUT2D eigenvalue weighted by Crippen LogP contribution is 2.33. The third-order valence-corrected chi connectivity index (χ3v) is 3.90. The highest BCUT2D eigenvalue weighted by molar-refractivity contribution is 5.74. The van der Waals surface area contributed by atoms with Crippen LogP contribution in [0.15, 0.2) is 24.3 Å². The van der Waals surface area contributed by atoms with Crippen molar-refractivity contribution in [2.24, 2.45) is 5.41 Å². The van der Waals surface area contributed by atoms with Crippen LogP contribution in [0.2, 0.25) is 0 Å². The molecule has 0 atom stereocenters. The second kappa shape index (κ2) is 5.51. The monoisotopic (exact) mass is 263 g/mol. The van der Waals surface area contributed by atoms with Crippen molar-refractivity contribution in [1.82, 2.24) is 0 Å². The van der Waals surface area contributed by atoms with Crippen LogP contribution in [0, 0.1) is 5.41 Å². The van der Waals surface area contributed by atoms with E-state index in [-0.39, 0.29) is 0 Å². The number of hydrogen-bond acceptors (Lipinski definition) is 3. The van der Waals surface area contributed by atoms with E-state index in [1.165, 1.54) is 0 Å². The molecule has 0 aliphatic carbocycles. The molecule has 0 bridgehead atoms. The standard InChI is InChI=1S/C15H21NO3/c1-3-19-13-6-4-12(5-7-13)16-10-8-15(2,9-11-16)14(17)18/h4-7H,3,8-11H2,1-2H3,(H,17,18). The van der Waals surface area contributed by atoms with E-state index in [1.807, 2.05) is 38.1 Å². The third kappa shape index (κ3) is 3.00. The van der Waals surface area contributed by atoms with Crippen molar-refractivity contribution in [2.75, 3.05) is 24.6 Å². The van der Waals surface area contributed by atoms with Gasteiger partial charge in [-0.25, -0.2) is 0 Å². The number of piperidine rings is 1. The second-order valence-electron chi connectivity index (χ2n) is 5.28. The molecular formula is C15H21NO3. The number of aliphatic carboxylic acids is 1. The van der Waals surface area contributed by atoms with E-state index < -0.39 is 11.4 Å². The van der Waals surface area contributed by atoms with E-state index in [0.717, 1.165) is 24.5 Å². The minimum Gasteiger partial charge on any atom is -0.494 e. The number of carboxylic acids is 1. The van der Waals surface area contributed by atoms with Gasteiger partial charge in [0.2, 0.25) is 0 Å². The summed E-state index contributed by atoms with van der Waals surface area (Å²) in [4.78, 5) is 13.4. The molecule has 1 heterocycles. The van der Waals surface area contributed by atoms with Gasteiger partial charge >= 0.3 is 5.97 Å². The number of anilines is 1. The molecule has 0 saturated carbocycles. The Kier molecular flexibility index (Phi) is 3.98. The minimum absolute atomic E-state index is 0.568. The molecule has 1 aliphatic rings. The van der Waals surface area contributed by atoms with Crippen molar-refractivity contribution in [3.63, 3.8) is 0 Å². The maximum absolute atomic E-state index is 11.2. The van der Waals surface area contributed by atoms with Gasteiger partial charge in [0.1, 0.15) is 5.75 Å². The highest BCUT2D eigenvalue weighted by atomic mass is 16.5. The topological polar surface area (TPSA) is 49.8 Å². The highest BCUT2D eigenvalue weighted by Gasteiger charge is 2.36. The average molecular weight is 263 g/mol. The molecule has 1 fully saturated rings. The SMILES string of the molecule is CCOc1ccc(N2CCC(C)(C(=O)O)CC2)cc1. The maximum Gasteiger partial charge on any atom is 0.309 e. The van der Waals surface area contributed by atoms with Crippen LogP contribution in [0.5, 0.6) is 5.75 Å². The van der Waals surface area contributed by atoms with Gasteiger partial charge in [0.25, 0.3) is 0 Å². The average Bonchev–Trinajstić information content (AvgIpc) is 2.41. The van der Waals surface area contributed by atoms with Crippen LogP contribution in [-0.4, -0.2) is 30.8 Å².